The third kappa shape index (κ3) is 11.2. The number of hydrogen-bond donors (Lipinski definition) is 3. The summed E-state index contributed by atoms with van der Waals surface area (Å²) in [5, 5.41) is 9.37. The summed E-state index contributed by atoms with van der Waals surface area (Å²) in [5.41, 5.74) is 0.734. The molecule has 0 aliphatic carbocycles. The minimum atomic E-state index is -0.474. The highest BCUT2D eigenvalue weighted by Gasteiger charge is 2.15. The smallest absolute Gasteiger partial charge is 0.407 e. The van der Waals surface area contributed by atoms with E-state index < -0.39 is 5.60 Å². The predicted molar refractivity (Wildman–Crippen MR) is 118 cm³/mol. The molecule has 1 aromatic carbocycles. The van der Waals surface area contributed by atoms with Crippen molar-refractivity contribution < 1.29 is 9.53 Å². The van der Waals surface area contributed by atoms with Crippen molar-refractivity contribution in [2.24, 2.45) is 4.99 Å². The third-order valence-corrected chi connectivity index (χ3v) is 3.27. The molecule has 7 heteroatoms. The fraction of sp³-hybridized carbons (Fsp3) is 0.579. The van der Waals surface area contributed by atoms with Crippen molar-refractivity contribution in [2.45, 2.75) is 52.7 Å². The molecule has 0 aliphatic rings. The molecule has 0 fully saturated rings. The number of carbonyl (C=O) groups is 1. The van der Waals surface area contributed by atoms with Gasteiger partial charge < -0.3 is 20.7 Å². The highest BCUT2D eigenvalue weighted by atomic mass is 127. The van der Waals surface area contributed by atoms with Crippen molar-refractivity contribution in [1.29, 1.82) is 0 Å². The fourth-order valence-corrected chi connectivity index (χ4v) is 2.12. The van der Waals surface area contributed by atoms with Gasteiger partial charge in [0.2, 0.25) is 0 Å². The molecule has 0 heterocycles. The number of rotatable bonds is 7. The van der Waals surface area contributed by atoms with Crippen LogP contribution in [0.4, 0.5) is 4.79 Å². The Hall–Kier alpha value is -1.51. The monoisotopic (exact) mass is 476 g/mol. The van der Waals surface area contributed by atoms with Gasteiger partial charge in [0, 0.05) is 19.6 Å². The molecule has 0 saturated heterocycles. The van der Waals surface area contributed by atoms with E-state index in [4.69, 9.17) is 4.74 Å². The Kier molecular flexibility index (Phi) is 12.0. The van der Waals surface area contributed by atoms with Gasteiger partial charge in [0.15, 0.2) is 5.96 Å². The largest absolute Gasteiger partial charge is 0.444 e. The number of ether oxygens (including phenoxy) is 1. The lowest BCUT2D eigenvalue weighted by molar-refractivity contribution is 0.0527. The van der Waals surface area contributed by atoms with Gasteiger partial charge in [0.1, 0.15) is 5.60 Å². The second kappa shape index (κ2) is 12.8. The third-order valence-electron chi connectivity index (χ3n) is 3.27. The van der Waals surface area contributed by atoms with E-state index in [9.17, 15) is 4.79 Å². The molecule has 0 aliphatic heterocycles. The lowest BCUT2D eigenvalue weighted by Gasteiger charge is -2.19. The number of amides is 1. The Morgan fingerprint density at radius 2 is 1.85 bits per heavy atom. The average molecular weight is 476 g/mol. The second-order valence-corrected chi connectivity index (χ2v) is 6.82. The highest BCUT2D eigenvalue weighted by molar-refractivity contribution is 14.0. The summed E-state index contributed by atoms with van der Waals surface area (Å²) in [6.45, 7) is 11.6. The van der Waals surface area contributed by atoms with Crippen LogP contribution in [0.25, 0.3) is 0 Å². The van der Waals surface area contributed by atoms with Crippen LogP contribution in [-0.4, -0.2) is 37.3 Å². The number of nitrogens with zero attached hydrogens (tertiary/aromatic N) is 1. The Labute approximate surface area is 174 Å². The number of halogens is 1. The molecule has 0 spiro atoms. The van der Waals surface area contributed by atoms with Crippen LogP contribution in [0.5, 0.6) is 0 Å². The van der Waals surface area contributed by atoms with Gasteiger partial charge in [-0.15, -0.1) is 24.0 Å². The van der Waals surface area contributed by atoms with Crippen LogP contribution in [0.3, 0.4) is 0 Å². The maximum Gasteiger partial charge on any atom is 0.407 e. The number of aliphatic imine (C=N–C) groups is 1. The molecule has 1 amide bonds. The number of hydrogen-bond acceptors (Lipinski definition) is 3. The van der Waals surface area contributed by atoms with E-state index in [-0.39, 0.29) is 36.1 Å². The van der Waals surface area contributed by atoms with Gasteiger partial charge in [-0.3, -0.25) is 4.99 Å². The second-order valence-electron chi connectivity index (χ2n) is 6.82. The molecule has 148 valence electrons. The minimum Gasteiger partial charge on any atom is -0.444 e. The first-order chi connectivity index (χ1) is 11.8. The molecule has 3 N–H and O–H groups in total. The van der Waals surface area contributed by atoms with Gasteiger partial charge in [-0.2, -0.15) is 0 Å². The predicted octanol–water partition coefficient (Wildman–Crippen LogP) is 3.84. The molecule has 1 aromatic rings. The maximum absolute atomic E-state index is 11.6. The summed E-state index contributed by atoms with van der Waals surface area (Å²) in [4.78, 5) is 16.1. The SMILES string of the molecule is CCNC(=NCCCNC(=O)OC(C)(C)C)NC(C)c1ccccc1.I. The fourth-order valence-electron chi connectivity index (χ4n) is 2.12. The topological polar surface area (TPSA) is 74.8 Å². The van der Waals surface area contributed by atoms with Crippen molar-refractivity contribution in [3.05, 3.63) is 35.9 Å². The van der Waals surface area contributed by atoms with Gasteiger partial charge in [-0.25, -0.2) is 4.79 Å². The quantitative estimate of drug-likeness (QED) is 0.242. The molecule has 6 nitrogen and oxygen atoms in total. The average Bonchev–Trinajstić information content (AvgIpc) is 2.53. The number of nitrogens with one attached hydrogen (secondary N) is 3. The van der Waals surface area contributed by atoms with Crippen molar-refractivity contribution in [1.82, 2.24) is 16.0 Å². The summed E-state index contributed by atoms with van der Waals surface area (Å²) in [6, 6.07) is 10.4. The van der Waals surface area contributed by atoms with Gasteiger partial charge in [-0.05, 0) is 46.6 Å². The Morgan fingerprint density at radius 1 is 1.19 bits per heavy atom. The molecular formula is C19H33IN4O2. The van der Waals surface area contributed by atoms with Gasteiger partial charge in [-0.1, -0.05) is 30.3 Å². The zero-order valence-corrected chi connectivity index (χ0v) is 18.8. The Morgan fingerprint density at radius 3 is 2.42 bits per heavy atom. The lowest BCUT2D eigenvalue weighted by Crippen LogP contribution is -2.39. The Balaban J connectivity index is 0.00000625. The number of benzene rings is 1. The standard InChI is InChI=1S/C19H32N4O2.HI/c1-6-20-17(23-15(2)16-11-8-7-9-12-16)21-13-10-14-22-18(24)25-19(3,4)5;/h7-9,11-12,15H,6,10,13-14H2,1-5H3,(H,22,24)(H2,20,21,23);1H. The van der Waals surface area contributed by atoms with Crippen LogP contribution in [0.15, 0.2) is 35.3 Å². The zero-order valence-electron chi connectivity index (χ0n) is 16.5. The first-order valence-corrected chi connectivity index (χ1v) is 8.88. The van der Waals surface area contributed by atoms with Crippen LogP contribution in [0.2, 0.25) is 0 Å². The minimum absolute atomic E-state index is 0. The highest BCUT2D eigenvalue weighted by Crippen LogP contribution is 2.10. The van der Waals surface area contributed by atoms with E-state index in [1.54, 1.807) is 0 Å². The summed E-state index contributed by atoms with van der Waals surface area (Å²) in [5.74, 6) is 0.774. The molecule has 0 saturated carbocycles. The molecule has 0 radical (unpaired) electrons. The molecule has 1 atom stereocenters. The van der Waals surface area contributed by atoms with E-state index in [1.165, 1.54) is 5.56 Å². The maximum atomic E-state index is 11.6. The van der Waals surface area contributed by atoms with E-state index >= 15 is 0 Å². The number of alkyl carbamates (subject to hydrolysis) is 1. The molecule has 1 rings (SSSR count). The first kappa shape index (κ1) is 24.5. The van der Waals surface area contributed by atoms with Crippen LogP contribution < -0.4 is 16.0 Å². The molecule has 26 heavy (non-hydrogen) atoms. The van der Waals surface area contributed by atoms with Crippen molar-refractivity contribution in [3.8, 4) is 0 Å². The normalized spacial score (nSPS) is 12.6. The van der Waals surface area contributed by atoms with Crippen LogP contribution in [0, 0.1) is 0 Å². The van der Waals surface area contributed by atoms with Crippen molar-refractivity contribution in [3.63, 3.8) is 0 Å². The van der Waals surface area contributed by atoms with Gasteiger partial charge >= 0.3 is 6.09 Å². The molecule has 0 aromatic heterocycles. The van der Waals surface area contributed by atoms with Crippen molar-refractivity contribution in [2.75, 3.05) is 19.6 Å². The molecule has 1 unspecified atom stereocenters. The van der Waals surface area contributed by atoms with Gasteiger partial charge in [0.05, 0.1) is 6.04 Å². The van der Waals surface area contributed by atoms with E-state index in [0.717, 1.165) is 18.9 Å². The van der Waals surface area contributed by atoms with E-state index in [2.05, 4.69) is 40.0 Å². The van der Waals surface area contributed by atoms with Crippen LogP contribution >= 0.6 is 24.0 Å². The summed E-state index contributed by atoms with van der Waals surface area (Å²) in [6.07, 6.45) is 0.356. The number of carbonyl (C=O) groups excluding carboxylic acids is 1. The van der Waals surface area contributed by atoms with E-state index in [0.29, 0.717) is 13.1 Å². The van der Waals surface area contributed by atoms with E-state index in [1.807, 2.05) is 45.9 Å². The lowest BCUT2D eigenvalue weighted by atomic mass is 10.1. The Bertz CT molecular complexity index is 544. The summed E-state index contributed by atoms with van der Waals surface area (Å²) in [7, 11) is 0. The summed E-state index contributed by atoms with van der Waals surface area (Å²) < 4.78 is 5.20. The van der Waals surface area contributed by atoms with Crippen LogP contribution in [0.1, 0.15) is 52.6 Å². The zero-order chi connectivity index (χ0) is 18.7. The van der Waals surface area contributed by atoms with Gasteiger partial charge in [0.25, 0.3) is 0 Å². The van der Waals surface area contributed by atoms with Crippen LogP contribution in [-0.2, 0) is 4.74 Å². The molecule has 0 bridgehead atoms. The first-order valence-electron chi connectivity index (χ1n) is 8.88. The molecular weight excluding hydrogens is 443 g/mol. The number of guanidine groups is 1. The summed E-state index contributed by atoms with van der Waals surface area (Å²) >= 11 is 0. The van der Waals surface area contributed by atoms with Crippen molar-refractivity contribution >= 4 is 36.0 Å².